The summed E-state index contributed by atoms with van der Waals surface area (Å²) in [6.07, 6.45) is 5.25. The van der Waals surface area contributed by atoms with E-state index in [4.69, 9.17) is 11.6 Å². The molecule has 2 aromatic heterocycles. The molecule has 1 N–H and O–H groups in total. The number of hydrogen-bond donors (Lipinski definition) is 2. The summed E-state index contributed by atoms with van der Waals surface area (Å²) in [6.45, 7) is 0.0977. The van der Waals surface area contributed by atoms with Crippen LogP contribution in [0.5, 0.6) is 0 Å². The van der Waals surface area contributed by atoms with Crippen molar-refractivity contribution >= 4 is 39.3 Å². The first kappa shape index (κ1) is 23.8. The molecule has 0 saturated carbocycles. The van der Waals surface area contributed by atoms with Crippen molar-refractivity contribution in [2.75, 3.05) is 6.54 Å². The van der Waals surface area contributed by atoms with Crippen molar-refractivity contribution in [2.45, 2.75) is 12.8 Å². The summed E-state index contributed by atoms with van der Waals surface area (Å²) in [5.74, 6) is -3.37. The Balaban J connectivity index is 1.69. The molecular formula is C23H17ClF2N4O3S. The Morgan fingerprint density at radius 3 is 2.56 bits per heavy atom. The van der Waals surface area contributed by atoms with Gasteiger partial charge in [0.25, 0.3) is 0 Å². The number of benzene rings is 2. The smallest absolute Gasteiger partial charge is 0.201 e. The number of carbonyl (C=O) groups is 1. The Labute approximate surface area is 199 Å². The van der Waals surface area contributed by atoms with Gasteiger partial charge in [0.05, 0.1) is 33.5 Å². The molecule has 0 atom stereocenters. The SMILES string of the molecule is O=C(c1ccc2ncc(-c3ccncc3)nc2c1)c1c(F)c(F)cc(CCCN[SH](=O)=O)c1Cl. The number of aryl methyl sites for hydroxylation is 1. The lowest BCUT2D eigenvalue weighted by atomic mass is 9.98. The first-order valence-corrected chi connectivity index (χ1v) is 11.7. The van der Waals surface area contributed by atoms with Gasteiger partial charge in [-0.25, -0.2) is 26.9 Å². The topological polar surface area (TPSA) is 102 Å². The highest BCUT2D eigenvalue weighted by Crippen LogP contribution is 2.30. The van der Waals surface area contributed by atoms with Crippen molar-refractivity contribution < 1.29 is 22.0 Å². The van der Waals surface area contributed by atoms with E-state index >= 15 is 0 Å². The molecule has 34 heavy (non-hydrogen) atoms. The van der Waals surface area contributed by atoms with Gasteiger partial charge in [0.1, 0.15) is 0 Å². The van der Waals surface area contributed by atoms with Crippen LogP contribution in [0, 0.1) is 11.6 Å². The van der Waals surface area contributed by atoms with Crippen molar-refractivity contribution in [1.29, 1.82) is 0 Å². The predicted octanol–water partition coefficient (Wildman–Crippen LogP) is 3.90. The molecule has 0 radical (unpaired) electrons. The van der Waals surface area contributed by atoms with E-state index in [2.05, 4.69) is 19.7 Å². The monoisotopic (exact) mass is 502 g/mol. The van der Waals surface area contributed by atoms with Crippen molar-refractivity contribution in [3.05, 3.63) is 88.3 Å². The second-order valence-electron chi connectivity index (χ2n) is 7.31. The highest BCUT2D eigenvalue weighted by molar-refractivity contribution is 7.70. The van der Waals surface area contributed by atoms with Gasteiger partial charge in [0.15, 0.2) is 17.4 Å². The fourth-order valence-electron chi connectivity index (χ4n) is 3.45. The van der Waals surface area contributed by atoms with Crippen LogP contribution in [0.25, 0.3) is 22.3 Å². The quantitative estimate of drug-likeness (QED) is 0.164. The molecule has 0 aliphatic rings. The minimum absolute atomic E-state index is 0.0658. The second kappa shape index (κ2) is 10.3. The van der Waals surface area contributed by atoms with Crippen LogP contribution in [0.15, 0.2) is 55.0 Å². The minimum atomic E-state index is -2.76. The van der Waals surface area contributed by atoms with Crippen LogP contribution in [0.2, 0.25) is 5.02 Å². The summed E-state index contributed by atoms with van der Waals surface area (Å²) < 4.78 is 52.4. The second-order valence-corrected chi connectivity index (χ2v) is 8.52. The average Bonchev–Trinajstić information content (AvgIpc) is 2.84. The molecule has 0 fully saturated rings. The van der Waals surface area contributed by atoms with Crippen molar-refractivity contribution in [1.82, 2.24) is 19.7 Å². The van der Waals surface area contributed by atoms with E-state index in [9.17, 15) is 22.0 Å². The summed E-state index contributed by atoms with van der Waals surface area (Å²) in [5, 5.41) is -0.216. The molecule has 0 spiro atoms. The van der Waals surface area contributed by atoms with Crippen LogP contribution >= 0.6 is 11.6 Å². The summed E-state index contributed by atoms with van der Waals surface area (Å²) in [7, 11) is -2.76. The third kappa shape index (κ3) is 5.09. The lowest BCUT2D eigenvalue weighted by Gasteiger charge is -2.12. The molecule has 0 unspecified atom stereocenters. The maximum Gasteiger partial charge on any atom is 0.201 e. The number of carbonyl (C=O) groups excluding carboxylic acids is 1. The van der Waals surface area contributed by atoms with Gasteiger partial charge in [-0.15, -0.1) is 0 Å². The highest BCUT2D eigenvalue weighted by atomic mass is 35.5. The van der Waals surface area contributed by atoms with Crippen LogP contribution in [-0.4, -0.2) is 35.7 Å². The van der Waals surface area contributed by atoms with E-state index in [1.54, 1.807) is 36.8 Å². The van der Waals surface area contributed by atoms with Crippen LogP contribution in [0.4, 0.5) is 8.78 Å². The summed E-state index contributed by atoms with van der Waals surface area (Å²) in [5.41, 5.74) is 1.93. The summed E-state index contributed by atoms with van der Waals surface area (Å²) in [4.78, 5) is 26.0. The summed E-state index contributed by atoms with van der Waals surface area (Å²) >= 11 is 6.29. The number of thiol groups is 1. The van der Waals surface area contributed by atoms with E-state index in [-0.39, 0.29) is 35.5 Å². The van der Waals surface area contributed by atoms with E-state index in [0.717, 1.165) is 11.6 Å². The number of hydrogen-bond acceptors (Lipinski definition) is 6. The molecule has 4 rings (SSSR count). The van der Waals surface area contributed by atoms with Gasteiger partial charge >= 0.3 is 0 Å². The van der Waals surface area contributed by atoms with Crippen LogP contribution in [-0.2, 0) is 17.3 Å². The number of ketones is 1. The van der Waals surface area contributed by atoms with Gasteiger partial charge in [0.2, 0.25) is 10.9 Å². The maximum absolute atomic E-state index is 14.7. The molecule has 0 saturated heterocycles. The molecule has 4 aromatic rings. The standard InChI is InChI=1S/C23H17ClF2N4O3S/c24-21-14(2-1-7-29-34(32)33)10-16(25)22(26)20(21)23(31)15-3-4-17-18(11-15)30-19(12-28-17)13-5-8-27-9-6-13/h3-6,8-12,34H,1-2,7H2,(H,29,32,33). The number of aromatic nitrogens is 3. The molecule has 2 aromatic carbocycles. The number of nitrogens with one attached hydrogen (secondary N) is 1. The van der Waals surface area contributed by atoms with Gasteiger partial charge in [-0.3, -0.25) is 14.8 Å². The fraction of sp³-hybridized carbons (Fsp3) is 0.130. The Kier molecular flexibility index (Phi) is 7.20. The highest BCUT2D eigenvalue weighted by Gasteiger charge is 2.24. The molecule has 11 heteroatoms. The summed E-state index contributed by atoms with van der Waals surface area (Å²) in [6, 6.07) is 8.90. The van der Waals surface area contributed by atoms with Gasteiger partial charge in [-0.05, 0) is 54.8 Å². The van der Waals surface area contributed by atoms with Gasteiger partial charge in [-0.2, -0.15) is 0 Å². The first-order valence-electron chi connectivity index (χ1n) is 10.1. The van der Waals surface area contributed by atoms with E-state index < -0.39 is 33.9 Å². The maximum atomic E-state index is 14.7. The molecule has 7 nitrogen and oxygen atoms in total. The normalized spacial score (nSPS) is 11.3. The number of nitrogens with zero attached hydrogens (tertiary/aromatic N) is 3. The lowest BCUT2D eigenvalue weighted by molar-refractivity contribution is 0.103. The number of pyridine rings is 1. The molecule has 0 aliphatic heterocycles. The van der Waals surface area contributed by atoms with Crippen molar-refractivity contribution in [2.24, 2.45) is 0 Å². The molecule has 2 heterocycles. The third-order valence-electron chi connectivity index (χ3n) is 5.10. The Hall–Kier alpha value is -3.34. The Morgan fingerprint density at radius 1 is 1.06 bits per heavy atom. The Morgan fingerprint density at radius 2 is 1.82 bits per heavy atom. The fourth-order valence-corrected chi connectivity index (χ4v) is 4.10. The number of halogens is 3. The average molecular weight is 503 g/mol. The zero-order valence-electron chi connectivity index (χ0n) is 17.5. The minimum Gasteiger partial charge on any atom is -0.288 e. The Bertz CT molecular complexity index is 1460. The van der Waals surface area contributed by atoms with Crippen LogP contribution < -0.4 is 4.72 Å². The molecule has 0 amide bonds. The zero-order valence-corrected chi connectivity index (χ0v) is 19.1. The van der Waals surface area contributed by atoms with Gasteiger partial charge in [-0.1, -0.05) is 11.6 Å². The van der Waals surface area contributed by atoms with Crippen molar-refractivity contribution in [3.63, 3.8) is 0 Å². The molecule has 174 valence electrons. The van der Waals surface area contributed by atoms with Crippen LogP contribution in [0.3, 0.4) is 0 Å². The number of rotatable bonds is 8. The van der Waals surface area contributed by atoms with E-state index in [1.807, 2.05) is 0 Å². The predicted molar refractivity (Wildman–Crippen MR) is 124 cm³/mol. The van der Waals surface area contributed by atoms with Gasteiger partial charge in [0, 0.05) is 30.1 Å². The van der Waals surface area contributed by atoms with Crippen molar-refractivity contribution in [3.8, 4) is 11.3 Å². The zero-order chi connectivity index (χ0) is 24.2. The number of fused-ring (bicyclic) bond motifs is 1. The van der Waals surface area contributed by atoms with Crippen LogP contribution in [0.1, 0.15) is 27.9 Å². The third-order valence-corrected chi connectivity index (χ3v) is 6.02. The molecule has 0 bridgehead atoms. The largest absolute Gasteiger partial charge is 0.288 e. The van der Waals surface area contributed by atoms with E-state index in [0.29, 0.717) is 16.7 Å². The lowest BCUT2D eigenvalue weighted by Crippen LogP contribution is -2.14. The molecular weight excluding hydrogens is 486 g/mol. The van der Waals surface area contributed by atoms with E-state index in [1.165, 1.54) is 12.1 Å². The first-order chi connectivity index (χ1) is 16.3. The van der Waals surface area contributed by atoms with Gasteiger partial charge < -0.3 is 0 Å². The molecule has 0 aliphatic carbocycles.